The van der Waals surface area contributed by atoms with Crippen molar-refractivity contribution in [1.82, 2.24) is 5.32 Å². The molecule has 1 atom stereocenters. The molecule has 1 aliphatic heterocycles. The lowest BCUT2D eigenvalue weighted by molar-refractivity contribution is -0.149. The minimum Gasteiger partial charge on any atom is -0.481 e. The van der Waals surface area contributed by atoms with Crippen molar-refractivity contribution in [3.63, 3.8) is 0 Å². The topological polar surface area (TPSA) is 75.6 Å². The van der Waals surface area contributed by atoms with E-state index in [1.54, 1.807) is 36.9 Å². The zero-order valence-electron chi connectivity index (χ0n) is 12.2. The lowest BCUT2D eigenvalue weighted by Gasteiger charge is -2.34. The number of carbonyl (C=O) groups is 2. The van der Waals surface area contributed by atoms with Crippen LogP contribution in [0.2, 0.25) is 0 Å². The molecule has 0 aliphatic carbocycles. The van der Waals surface area contributed by atoms with Crippen LogP contribution in [0.1, 0.15) is 19.8 Å². The van der Waals surface area contributed by atoms with Crippen LogP contribution in [0, 0.1) is 0 Å². The first-order valence-electron chi connectivity index (χ1n) is 6.98. The van der Waals surface area contributed by atoms with E-state index in [0.717, 1.165) is 16.0 Å². The second kappa shape index (κ2) is 7.37. The first kappa shape index (κ1) is 17.1. The number of aliphatic carboxylic acids is 1. The Morgan fingerprint density at radius 2 is 2.09 bits per heavy atom. The summed E-state index contributed by atoms with van der Waals surface area (Å²) < 4.78 is 6.43. The Labute approximate surface area is 141 Å². The van der Waals surface area contributed by atoms with Gasteiger partial charge in [-0.25, -0.2) is 4.79 Å². The van der Waals surface area contributed by atoms with Gasteiger partial charge in [-0.15, -0.1) is 0 Å². The summed E-state index contributed by atoms with van der Waals surface area (Å²) in [6.07, 6.45) is 0.102. The summed E-state index contributed by atoms with van der Waals surface area (Å²) in [7, 11) is 0. The summed E-state index contributed by atoms with van der Waals surface area (Å²) in [5.41, 5.74) is -1.17. The predicted molar refractivity (Wildman–Crippen MR) is 89.3 cm³/mol. The highest BCUT2D eigenvalue weighted by Crippen LogP contribution is 2.28. The Kier molecular flexibility index (Phi) is 5.74. The number of thioether (sulfide) groups is 1. The third kappa shape index (κ3) is 4.16. The standard InChI is InChI=1S/C15H18BrNO4S/c1-10(21-12-4-2-3-11(16)9-12)13(18)17-15(14(19)20)5-7-22-8-6-15/h2-4,9-10H,5-8H2,1H3,(H,17,18)(H,19,20). The Morgan fingerprint density at radius 1 is 1.41 bits per heavy atom. The van der Waals surface area contributed by atoms with Crippen molar-refractivity contribution < 1.29 is 19.4 Å². The molecule has 7 heteroatoms. The van der Waals surface area contributed by atoms with E-state index in [4.69, 9.17) is 4.74 Å². The molecule has 1 unspecified atom stereocenters. The fourth-order valence-electron chi connectivity index (χ4n) is 2.25. The molecule has 1 fully saturated rings. The fraction of sp³-hybridized carbons (Fsp3) is 0.467. The monoisotopic (exact) mass is 387 g/mol. The summed E-state index contributed by atoms with van der Waals surface area (Å²) in [6, 6.07) is 7.17. The van der Waals surface area contributed by atoms with Gasteiger partial charge in [0.2, 0.25) is 0 Å². The van der Waals surface area contributed by atoms with Crippen LogP contribution >= 0.6 is 27.7 Å². The Hall–Kier alpha value is -1.21. The number of rotatable bonds is 5. The van der Waals surface area contributed by atoms with Crippen LogP contribution in [0.25, 0.3) is 0 Å². The minimum absolute atomic E-state index is 0.408. The molecule has 1 heterocycles. The van der Waals surface area contributed by atoms with Gasteiger partial charge in [0.1, 0.15) is 11.3 Å². The van der Waals surface area contributed by atoms with Gasteiger partial charge in [-0.3, -0.25) is 4.79 Å². The smallest absolute Gasteiger partial charge is 0.329 e. The largest absolute Gasteiger partial charge is 0.481 e. The van der Waals surface area contributed by atoms with Crippen molar-refractivity contribution in [2.24, 2.45) is 0 Å². The van der Waals surface area contributed by atoms with E-state index >= 15 is 0 Å². The molecular weight excluding hydrogens is 370 g/mol. The zero-order valence-corrected chi connectivity index (χ0v) is 14.6. The van der Waals surface area contributed by atoms with Crippen LogP contribution in [0.4, 0.5) is 0 Å². The van der Waals surface area contributed by atoms with E-state index in [1.807, 2.05) is 6.07 Å². The lowest BCUT2D eigenvalue weighted by atomic mass is 9.92. The molecule has 2 N–H and O–H groups in total. The maximum Gasteiger partial charge on any atom is 0.329 e. The Balaban J connectivity index is 2.02. The van der Waals surface area contributed by atoms with Crippen molar-refractivity contribution in [1.29, 1.82) is 0 Å². The van der Waals surface area contributed by atoms with E-state index in [0.29, 0.717) is 18.6 Å². The van der Waals surface area contributed by atoms with Crippen LogP contribution in [0.3, 0.4) is 0 Å². The van der Waals surface area contributed by atoms with Crippen LogP contribution in [-0.2, 0) is 9.59 Å². The normalized spacial score (nSPS) is 18.3. The summed E-state index contributed by atoms with van der Waals surface area (Å²) in [6.45, 7) is 1.61. The molecule has 0 spiro atoms. The molecule has 0 radical (unpaired) electrons. The van der Waals surface area contributed by atoms with Gasteiger partial charge in [0, 0.05) is 4.47 Å². The number of amides is 1. The molecule has 1 aromatic carbocycles. The number of carboxylic acid groups (broad SMARTS) is 1. The summed E-state index contributed by atoms with van der Waals surface area (Å²) in [5, 5.41) is 12.2. The van der Waals surface area contributed by atoms with Crippen molar-refractivity contribution in [3.8, 4) is 5.75 Å². The number of halogens is 1. The van der Waals surface area contributed by atoms with Gasteiger partial charge in [0.15, 0.2) is 6.10 Å². The van der Waals surface area contributed by atoms with Crippen LogP contribution in [0.15, 0.2) is 28.7 Å². The molecule has 120 valence electrons. The van der Waals surface area contributed by atoms with Gasteiger partial charge < -0.3 is 15.2 Å². The van der Waals surface area contributed by atoms with E-state index in [2.05, 4.69) is 21.2 Å². The van der Waals surface area contributed by atoms with Crippen LogP contribution in [-0.4, -0.2) is 40.1 Å². The predicted octanol–water partition coefficient (Wildman–Crippen LogP) is 2.68. The third-order valence-electron chi connectivity index (χ3n) is 3.60. The number of hydrogen-bond acceptors (Lipinski definition) is 4. The summed E-state index contributed by atoms with van der Waals surface area (Å²) in [5.74, 6) is 0.631. The Morgan fingerprint density at radius 3 is 2.68 bits per heavy atom. The van der Waals surface area contributed by atoms with Gasteiger partial charge in [-0.1, -0.05) is 22.0 Å². The number of ether oxygens (including phenoxy) is 1. The highest BCUT2D eigenvalue weighted by Gasteiger charge is 2.42. The van der Waals surface area contributed by atoms with Crippen molar-refractivity contribution in [2.75, 3.05) is 11.5 Å². The van der Waals surface area contributed by atoms with Gasteiger partial charge in [-0.2, -0.15) is 11.8 Å². The maximum absolute atomic E-state index is 12.3. The quantitative estimate of drug-likeness (QED) is 0.811. The number of hydrogen-bond donors (Lipinski definition) is 2. The van der Waals surface area contributed by atoms with Crippen LogP contribution < -0.4 is 10.1 Å². The molecular formula is C15H18BrNO4S. The van der Waals surface area contributed by atoms with Gasteiger partial charge >= 0.3 is 5.97 Å². The molecule has 1 aromatic rings. The average molecular weight is 388 g/mol. The number of carbonyl (C=O) groups excluding carboxylic acids is 1. The number of benzene rings is 1. The number of nitrogens with one attached hydrogen (secondary N) is 1. The van der Waals surface area contributed by atoms with Crippen molar-refractivity contribution in [3.05, 3.63) is 28.7 Å². The molecule has 22 heavy (non-hydrogen) atoms. The summed E-state index contributed by atoms with van der Waals surface area (Å²) >= 11 is 5.04. The second-order valence-corrected chi connectivity index (χ2v) is 7.35. The van der Waals surface area contributed by atoms with E-state index in [9.17, 15) is 14.7 Å². The average Bonchev–Trinajstić information content (AvgIpc) is 2.48. The lowest BCUT2D eigenvalue weighted by Crippen LogP contribution is -2.58. The second-order valence-electron chi connectivity index (χ2n) is 5.21. The molecule has 1 amide bonds. The third-order valence-corrected chi connectivity index (χ3v) is 5.08. The van der Waals surface area contributed by atoms with Gasteiger partial charge in [-0.05, 0) is 49.5 Å². The van der Waals surface area contributed by atoms with E-state index in [1.165, 1.54) is 0 Å². The van der Waals surface area contributed by atoms with Crippen LogP contribution in [0.5, 0.6) is 5.75 Å². The minimum atomic E-state index is -1.17. The highest BCUT2D eigenvalue weighted by atomic mass is 79.9. The molecule has 0 bridgehead atoms. The van der Waals surface area contributed by atoms with E-state index < -0.39 is 23.5 Å². The maximum atomic E-state index is 12.3. The van der Waals surface area contributed by atoms with Crippen molar-refractivity contribution >= 4 is 39.6 Å². The van der Waals surface area contributed by atoms with Gasteiger partial charge in [0.25, 0.3) is 5.91 Å². The molecule has 5 nitrogen and oxygen atoms in total. The fourth-order valence-corrected chi connectivity index (χ4v) is 3.82. The number of carboxylic acids is 1. The first-order chi connectivity index (χ1) is 10.4. The molecule has 1 saturated heterocycles. The molecule has 1 aliphatic rings. The first-order valence-corrected chi connectivity index (χ1v) is 8.93. The summed E-state index contributed by atoms with van der Waals surface area (Å²) in [4.78, 5) is 23.9. The SMILES string of the molecule is CC(Oc1cccc(Br)c1)C(=O)NC1(C(=O)O)CCSCC1. The molecule has 0 saturated carbocycles. The van der Waals surface area contributed by atoms with E-state index in [-0.39, 0.29) is 0 Å². The molecule has 0 aromatic heterocycles. The zero-order chi connectivity index (χ0) is 16.2. The molecule has 2 rings (SSSR count). The Bertz CT molecular complexity index is 560. The highest BCUT2D eigenvalue weighted by molar-refractivity contribution is 9.10. The van der Waals surface area contributed by atoms with Crippen molar-refractivity contribution in [2.45, 2.75) is 31.4 Å². The van der Waals surface area contributed by atoms with Gasteiger partial charge in [0.05, 0.1) is 0 Å².